The molecule has 0 aliphatic heterocycles. The van der Waals surface area contributed by atoms with Gasteiger partial charge in [-0.05, 0) is 167 Å². The van der Waals surface area contributed by atoms with Crippen LogP contribution in [-0.2, 0) is 60.6 Å². The van der Waals surface area contributed by atoms with Crippen LogP contribution in [0.25, 0.3) is 0 Å². The summed E-state index contributed by atoms with van der Waals surface area (Å²) in [6, 6.07) is 46.7. The number of hydrogen-bond donors (Lipinski definition) is 0. The van der Waals surface area contributed by atoms with Crippen LogP contribution in [0.15, 0.2) is 97.1 Å². The van der Waals surface area contributed by atoms with E-state index in [1.807, 2.05) is 0 Å². The molecule has 0 heteroatoms. The molecule has 6 aromatic carbocycles. The fourth-order valence-corrected chi connectivity index (χ4v) is 13.0. The zero-order valence-corrected chi connectivity index (χ0v) is 52.9. The van der Waals surface area contributed by atoms with Crippen molar-refractivity contribution in [2.45, 2.75) is 254 Å². The third kappa shape index (κ3) is 11.2. The minimum absolute atomic E-state index is 0.185. The Balaban J connectivity index is 2.42. The van der Waals surface area contributed by atoms with Gasteiger partial charge in [-0.15, -0.1) is 0 Å². The van der Waals surface area contributed by atoms with Crippen molar-refractivity contribution in [3.05, 3.63) is 209 Å². The molecule has 0 saturated heterocycles. The van der Waals surface area contributed by atoms with E-state index in [2.05, 4.69) is 303 Å². The maximum absolute atomic E-state index is 3.60. The normalized spacial score (nSPS) is 13.9. The van der Waals surface area contributed by atoms with Gasteiger partial charge >= 0.3 is 0 Å². The molecule has 6 rings (SSSR count). The smallest absolute Gasteiger partial charge is 0.0574 e. The summed E-state index contributed by atoms with van der Waals surface area (Å²) in [5, 5.41) is 0. The second-order valence-electron chi connectivity index (χ2n) is 31.5. The zero-order valence-electron chi connectivity index (χ0n) is 52.9. The minimum atomic E-state index is -0.984. The van der Waals surface area contributed by atoms with Crippen LogP contribution in [0.4, 0.5) is 0 Å². The summed E-state index contributed by atoms with van der Waals surface area (Å²) < 4.78 is 0. The average Bonchev–Trinajstić information content (AvgIpc) is 3.24. The molecule has 402 valence electrons. The first kappa shape index (κ1) is 59.6. The van der Waals surface area contributed by atoms with E-state index in [4.69, 9.17) is 0 Å². The van der Waals surface area contributed by atoms with E-state index in [1.165, 1.54) is 100 Å². The number of hydrogen-bond acceptors (Lipinski definition) is 0. The summed E-state index contributed by atoms with van der Waals surface area (Å²) in [4.78, 5) is 0. The van der Waals surface area contributed by atoms with Crippen LogP contribution in [0.5, 0.6) is 0 Å². The highest BCUT2D eigenvalue weighted by Gasteiger charge is 2.63. The maximum Gasteiger partial charge on any atom is 0.0608 e. The number of benzene rings is 6. The Bertz CT molecular complexity index is 2640. The molecule has 0 nitrogen and oxygen atoms in total. The first-order valence-electron chi connectivity index (χ1n) is 28.5. The maximum atomic E-state index is 3.60. The van der Waals surface area contributed by atoms with Gasteiger partial charge in [0.05, 0.1) is 5.41 Å². The largest absolute Gasteiger partial charge is 0.0608 e. The van der Waals surface area contributed by atoms with E-state index in [0.717, 1.165) is 0 Å². The van der Waals surface area contributed by atoms with Gasteiger partial charge in [-0.2, -0.15) is 0 Å². The van der Waals surface area contributed by atoms with E-state index < -0.39 is 10.8 Å². The Labute approximate surface area is 461 Å². The Morgan fingerprint density at radius 1 is 0.280 bits per heavy atom. The molecule has 0 atom stereocenters. The van der Waals surface area contributed by atoms with Crippen LogP contribution in [-0.4, -0.2) is 0 Å². The molecule has 0 spiro atoms. The van der Waals surface area contributed by atoms with E-state index in [1.54, 1.807) is 0 Å². The van der Waals surface area contributed by atoms with Crippen LogP contribution in [0, 0.1) is 39.8 Å². The van der Waals surface area contributed by atoms with E-state index in [9.17, 15) is 0 Å². The van der Waals surface area contributed by atoms with Gasteiger partial charge in [0.25, 0.3) is 0 Å². The van der Waals surface area contributed by atoms with Crippen LogP contribution < -0.4 is 0 Å². The van der Waals surface area contributed by atoms with Crippen LogP contribution in [0.3, 0.4) is 0 Å². The van der Waals surface area contributed by atoms with Gasteiger partial charge in [0.2, 0.25) is 0 Å². The topological polar surface area (TPSA) is 0 Å². The van der Waals surface area contributed by atoms with Gasteiger partial charge in [-0.1, -0.05) is 285 Å². The molecule has 75 heavy (non-hydrogen) atoms. The molecule has 2 radical (unpaired) electrons. The molecule has 0 N–H and O–H groups in total. The number of rotatable bonds is 8. The Morgan fingerprint density at radius 2 is 0.467 bits per heavy atom. The standard InChI is InChI=1S/C75H102/c1-48-39-55(66(5,6)7)54(56(40-48)67(8,9)10)47-74(52-35-31-29-32-36-52,53-37-33-30-34-38-53)75(63-57(68(11,12)13)41-49(2)42-58(63)69(14,15)16,64-59(70(17,18)19)43-50(3)44-60(64)71(20,21)22)65-61(72(23,24)25)45-51(4)46-62(65)73(26,27)28/h31-46H,47H2,1-28H3. The molecule has 0 unspecified atom stereocenters. The van der Waals surface area contributed by atoms with Gasteiger partial charge in [-0.3, -0.25) is 0 Å². The third-order valence-electron chi connectivity index (χ3n) is 16.3. The molecule has 0 saturated carbocycles. The second-order valence-corrected chi connectivity index (χ2v) is 31.5. The molecule has 0 aliphatic rings. The van der Waals surface area contributed by atoms with Gasteiger partial charge < -0.3 is 0 Å². The van der Waals surface area contributed by atoms with Crippen molar-refractivity contribution in [2.75, 3.05) is 0 Å². The van der Waals surface area contributed by atoms with E-state index >= 15 is 0 Å². The molecule has 0 fully saturated rings. The highest BCUT2D eigenvalue weighted by atomic mass is 14.6. The predicted molar refractivity (Wildman–Crippen MR) is 329 cm³/mol. The van der Waals surface area contributed by atoms with Gasteiger partial charge in [-0.25, -0.2) is 0 Å². The monoisotopic (exact) mass is 1000 g/mol. The molecule has 0 aromatic heterocycles. The Morgan fingerprint density at radius 3 is 0.653 bits per heavy atom. The van der Waals surface area contributed by atoms with E-state index in [-0.39, 0.29) is 43.3 Å². The summed E-state index contributed by atoms with van der Waals surface area (Å²) in [6.07, 6.45) is 0.712. The van der Waals surface area contributed by atoms with Crippen LogP contribution in [0.2, 0.25) is 0 Å². The second kappa shape index (κ2) is 19.7. The fourth-order valence-electron chi connectivity index (χ4n) is 13.0. The molecule has 6 aromatic rings. The van der Waals surface area contributed by atoms with Crippen LogP contribution in [0.1, 0.15) is 266 Å². The lowest BCUT2D eigenvalue weighted by Crippen LogP contribution is -2.58. The molecule has 0 aliphatic carbocycles. The lowest BCUT2D eigenvalue weighted by atomic mass is 9.41. The highest BCUT2D eigenvalue weighted by molar-refractivity contribution is 5.75. The van der Waals surface area contributed by atoms with Crippen molar-refractivity contribution < 1.29 is 0 Å². The summed E-state index contributed by atoms with van der Waals surface area (Å²) in [7, 11) is 0. The third-order valence-corrected chi connectivity index (χ3v) is 16.3. The minimum Gasteiger partial charge on any atom is -0.0574 e. The van der Waals surface area contributed by atoms with Crippen LogP contribution >= 0.6 is 0 Å². The van der Waals surface area contributed by atoms with Crippen molar-refractivity contribution in [1.29, 1.82) is 0 Å². The van der Waals surface area contributed by atoms with Crippen molar-refractivity contribution in [3.63, 3.8) is 0 Å². The van der Waals surface area contributed by atoms with E-state index in [0.29, 0.717) is 6.42 Å². The Hall–Kier alpha value is -4.68. The SMILES string of the molecule is Cc1cc(C(C)(C)C)c(CC(c2cc[c]cc2)(c2cc[c]cc2)C(c2c(C(C)(C)C)cc(C)cc2C(C)(C)C)(c2c(C(C)(C)C)cc(C)cc2C(C)(C)C)c2c(C(C)(C)C)cc(C)cc2C(C)(C)C)c(C(C)(C)C)c1. The quantitative estimate of drug-likeness (QED) is 0.133. The lowest BCUT2D eigenvalue weighted by Gasteiger charge is -2.60. The van der Waals surface area contributed by atoms with Crippen molar-refractivity contribution >= 4 is 0 Å². The summed E-state index contributed by atoms with van der Waals surface area (Å²) in [6.45, 7) is 68.9. The first-order chi connectivity index (χ1) is 33.9. The van der Waals surface area contributed by atoms with Gasteiger partial charge in [0.15, 0.2) is 0 Å². The molecule has 0 amide bonds. The zero-order chi connectivity index (χ0) is 56.8. The van der Waals surface area contributed by atoms with Crippen molar-refractivity contribution in [2.24, 2.45) is 0 Å². The Kier molecular flexibility index (Phi) is 15.6. The number of aryl methyl sites for hydroxylation is 4. The van der Waals surface area contributed by atoms with Crippen molar-refractivity contribution in [3.8, 4) is 0 Å². The lowest BCUT2D eigenvalue weighted by molar-refractivity contribution is 0.316. The molecule has 0 bridgehead atoms. The predicted octanol–water partition coefficient (Wildman–Crippen LogP) is 20.5. The van der Waals surface area contributed by atoms with Gasteiger partial charge in [0.1, 0.15) is 0 Å². The summed E-state index contributed by atoms with van der Waals surface area (Å²) in [5.74, 6) is 0. The summed E-state index contributed by atoms with van der Waals surface area (Å²) >= 11 is 0. The first-order valence-corrected chi connectivity index (χ1v) is 28.5. The average molecular weight is 1000 g/mol. The molecular weight excluding hydrogens is 901 g/mol. The van der Waals surface area contributed by atoms with Crippen molar-refractivity contribution in [1.82, 2.24) is 0 Å². The summed E-state index contributed by atoms with van der Waals surface area (Å²) in [5.41, 5.74) is 20.7. The highest BCUT2D eigenvalue weighted by Crippen LogP contribution is 2.67. The molecule has 0 heterocycles. The van der Waals surface area contributed by atoms with Gasteiger partial charge in [0, 0.05) is 5.41 Å². The molecular formula is C75H102. The fraction of sp³-hybridized carbons (Fsp3) is 0.520.